The number of imidazole rings is 1. The van der Waals surface area contributed by atoms with Crippen molar-refractivity contribution >= 4 is 0 Å². The molecule has 6 nitrogen and oxygen atoms in total. The molecular weight excluding hydrogens is 371 g/mol. The molecule has 146 valence electrons. The van der Waals surface area contributed by atoms with Crippen LogP contribution in [0.2, 0.25) is 0 Å². The van der Waals surface area contributed by atoms with Crippen LogP contribution in [0.25, 0.3) is 11.5 Å². The molecule has 2 heterocycles. The molecule has 0 aliphatic heterocycles. The van der Waals surface area contributed by atoms with E-state index in [1.54, 1.807) is 24.5 Å². The van der Waals surface area contributed by atoms with Gasteiger partial charge in [0, 0.05) is 24.9 Å². The lowest BCUT2D eigenvalue weighted by Gasteiger charge is -2.19. The van der Waals surface area contributed by atoms with Crippen LogP contribution in [0, 0.1) is 5.82 Å². The van der Waals surface area contributed by atoms with Crippen LogP contribution in [0.15, 0.2) is 78.0 Å². The van der Waals surface area contributed by atoms with Gasteiger partial charge in [-0.15, -0.1) is 0 Å². The molecule has 0 amide bonds. The minimum atomic E-state index is -0.568. The number of aryl methyl sites for hydroxylation is 1. The van der Waals surface area contributed by atoms with Gasteiger partial charge in [-0.3, -0.25) is 9.89 Å². The largest absolute Gasteiger partial charge is 0.503 e. The Hall–Kier alpha value is -3.74. The van der Waals surface area contributed by atoms with Gasteiger partial charge in [-0.2, -0.15) is 5.10 Å². The third-order valence-electron chi connectivity index (χ3n) is 4.90. The molecule has 0 radical (unpaired) electrons. The number of aromatic hydroxyl groups is 1. The van der Waals surface area contributed by atoms with Crippen LogP contribution in [-0.4, -0.2) is 24.9 Å². The number of nitrogens with one attached hydrogen (secondary N) is 1. The van der Waals surface area contributed by atoms with Gasteiger partial charge in [0.05, 0.1) is 6.20 Å². The summed E-state index contributed by atoms with van der Waals surface area (Å²) in [5.74, 6) is -0.203. The van der Waals surface area contributed by atoms with E-state index in [1.807, 2.05) is 34.9 Å². The van der Waals surface area contributed by atoms with Crippen molar-refractivity contribution in [1.29, 1.82) is 0 Å². The summed E-state index contributed by atoms with van der Waals surface area (Å²) < 4.78 is 15.3. The standard InChI is InChI=1S/C22H19FN4O2/c23-17-8-6-16(7-9-17)18(15-4-2-1-3-5-15)10-12-27-13-11-24-22(27)20-21(29)19(28)14-25-26-20/h1-9,11,13-14,18H,10,12H2,(H,25,29)(H,26,28). The molecule has 2 aromatic carbocycles. The second kappa shape index (κ2) is 8.10. The molecule has 7 heteroatoms. The van der Waals surface area contributed by atoms with E-state index in [-0.39, 0.29) is 17.4 Å². The summed E-state index contributed by atoms with van der Waals surface area (Å²) in [5, 5.41) is 16.5. The summed E-state index contributed by atoms with van der Waals surface area (Å²) in [6.45, 7) is 0.572. The van der Waals surface area contributed by atoms with Crippen LogP contribution < -0.4 is 5.43 Å². The molecule has 2 N–H and O–H groups in total. The average molecular weight is 390 g/mol. The number of H-pyrrole nitrogens is 1. The molecule has 0 fully saturated rings. The second-order valence-electron chi connectivity index (χ2n) is 6.71. The van der Waals surface area contributed by atoms with Crippen molar-refractivity contribution in [3.8, 4) is 17.3 Å². The number of aromatic amines is 1. The van der Waals surface area contributed by atoms with Crippen LogP contribution in [0.1, 0.15) is 23.5 Å². The fourth-order valence-electron chi connectivity index (χ4n) is 3.44. The Labute approximate surface area is 166 Å². The van der Waals surface area contributed by atoms with E-state index in [9.17, 15) is 14.3 Å². The fraction of sp³-hybridized carbons (Fsp3) is 0.136. The minimum Gasteiger partial charge on any atom is -0.503 e. The van der Waals surface area contributed by atoms with E-state index in [2.05, 4.69) is 15.2 Å². The molecule has 0 saturated carbocycles. The Bertz CT molecular complexity index is 1150. The monoisotopic (exact) mass is 390 g/mol. The highest BCUT2D eigenvalue weighted by atomic mass is 19.1. The van der Waals surface area contributed by atoms with Gasteiger partial charge >= 0.3 is 0 Å². The topological polar surface area (TPSA) is 83.8 Å². The molecule has 0 spiro atoms. The van der Waals surface area contributed by atoms with Gasteiger partial charge in [0.2, 0.25) is 5.43 Å². The van der Waals surface area contributed by atoms with Gasteiger partial charge in [-0.1, -0.05) is 42.5 Å². The molecule has 4 rings (SSSR count). The minimum absolute atomic E-state index is 0.0496. The average Bonchev–Trinajstić information content (AvgIpc) is 3.20. The molecule has 0 bridgehead atoms. The van der Waals surface area contributed by atoms with Crippen LogP contribution in [0.3, 0.4) is 0 Å². The van der Waals surface area contributed by atoms with Crippen molar-refractivity contribution in [2.45, 2.75) is 18.9 Å². The van der Waals surface area contributed by atoms with E-state index in [4.69, 9.17) is 0 Å². The Balaban J connectivity index is 1.64. The number of nitrogens with zero attached hydrogens (tertiary/aromatic N) is 3. The first-order valence-electron chi connectivity index (χ1n) is 9.22. The van der Waals surface area contributed by atoms with Gasteiger partial charge in [-0.25, -0.2) is 9.37 Å². The van der Waals surface area contributed by atoms with Crippen LogP contribution in [-0.2, 0) is 6.54 Å². The number of aromatic nitrogens is 4. The van der Waals surface area contributed by atoms with E-state index < -0.39 is 11.2 Å². The maximum atomic E-state index is 13.4. The fourth-order valence-corrected chi connectivity index (χ4v) is 3.44. The maximum Gasteiger partial charge on any atom is 0.242 e. The summed E-state index contributed by atoms with van der Waals surface area (Å²) in [4.78, 5) is 16.0. The zero-order valence-electron chi connectivity index (χ0n) is 15.5. The molecular formula is C22H19FN4O2. The van der Waals surface area contributed by atoms with Gasteiger partial charge < -0.3 is 9.67 Å². The molecule has 0 saturated heterocycles. The molecule has 2 aromatic heterocycles. The predicted molar refractivity (Wildman–Crippen MR) is 107 cm³/mol. The van der Waals surface area contributed by atoms with Crippen LogP contribution >= 0.6 is 0 Å². The van der Waals surface area contributed by atoms with E-state index >= 15 is 0 Å². The van der Waals surface area contributed by atoms with Gasteiger partial charge in [0.25, 0.3) is 0 Å². The lowest BCUT2D eigenvalue weighted by molar-refractivity contribution is 0.466. The molecule has 0 aliphatic rings. The number of benzene rings is 2. The molecule has 29 heavy (non-hydrogen) atoms. The molecule has 4 aromatic rings. The smallest absolute Gasteiger partial charge is 0.242 e. The van der Waals surface area contributed by atoms with Gasteiger partial charge in [-0.05, 0) is 29.7 Å². The maximum absolute atomic E-state index is 13.4. The van der Waals surface area contributed by atoms with E-state index in [1.165, 1.54) is 12.1 Å². The zero-order valence-corrected chi connectivity index (χ0v) is 15.5. The Morgan fingerprint density at radius 2 is 1.79 bits per heavy atom. The van der Waals surface area contributed by atoms with Crippen molar-refractivity contribution in [2.75, 3.05) is 0 Å². The number of hydrogen-bond acceptors (Lipinski definition) is 4. The van der Waals surface area contributed by atoms with Crippen molar-refractivity contribution < 1.29 is 9.50 Å². The normalized spacial score (nSPS) is 12.0. The lowest BCUT2D eigenvalue weighted by atomic mass is 9.88. The third kappa shape index (κ3) is 3.94. The Kier molecular flexibility index (Phi) is 5.20. The van der Waals surface area contributed by atoms with Gasteiger partial charge in [0.15, 0.2) is 11.6 Å². The zero-order chi connectivity index (χ0) is 20.2. The lowest BCUT2D eigenvalue weighted by Crippen LogP contribution is -2.10. The van der Waals surface area contributed by atoms with Crippen molar-refractivity contribution in [3.05, 3.63) is 100 Å². The van der Waals surface area contributed by atoms with Crippen molar-refractivity contribution in [2.24, 2.45) is 0 Å². The number of rotatable bonds is 6. The summed E-state index contributed by atoms with van der Waals surface area (Å²) in [7, 11) is 0. The van der Waals surface area contributed by atoms with Crippen LogP contribution in [0.5, 0.6) is 5.75 Å². The SMILES string of the molecule is O=c1cn[nH]c(-c2nccn2CCC(c2ccccc2)c2ccc(F)cc2)c1O. The summed E-state index contributed by atoms with van der Waals surface area (Å²) in [6, 6.07) is 16.5. The summed E-state index contributed by atoms with van der Waals surface area (Å²) in [6.07, 6.45) is 5.12. The summed E-state index contributed by atoms with van der Waals surface area (Å²) in [5.41, 5.74) is 1.75. The Morgan fingerprint density at radius 1 is 1.07 bits per heavy atom. The van der Waals surface area contributed by atoms with Crippen LogP contribution in [0.4, 0.5) is 4.39 Å². The number of halogens is 1. The first-order valence-corrected chi connectivity index (χ1v) is 9.22. The predicted octanol–water partition coefficient (Wildman–Crippen LogP) is 3.70. The highest BCUT2D eigenvalue weighted by Gasteiger charge is 2.18. The highest BCUT2D eigenvalue weighted by Crippen LogP contribution is 2.30. The van der Waals surface area contributed by atoms with Gasteiger partial charge in [0.1, 0.15) is 11.5 Å². The second-order valence-corrected chi connectivity index (χ2v) is 6.71. The van der Waals surface area contributed by atoms with E-state index in [0.29, 0.717) is 18.8 Å². The van der Waals surface area contributed by atoms with Crippen molar-refractivity contribution in [1.82, 2.24) is 19.7 Å². The molecule has 1 unspecified atom stereocenters. The summed E-state index contributed by atoms with van der Waals surface area (Å²) >= 11 is 0. The third-order valence-corrected chi connectivity index (χ3v) is 4.90. The molecule has 1 atom stereocenters. The van der Waals surface area contributed by atoms with Crippen molar-refractivity contribution in [3.63, 3.8) is 0 Å². The van der Waals surface area contributed by atoms with E-state index in [0.717, 1.165) is 17.3 Å². The highest BCUT2D eigenvalue weighted by molar-refractivity contribution is 5.57. The number of hydrogen-bond donors (Lipinski definition) is 2. The Morgan fingerprint density at radius 3 is 2.55 bits per heavy atom. The first-order chi connectivity index (χ1) is 14.1. The molecule has 0 aliphatic carbocycles. The first kappa shape index (κ1) is 18.6. The quantitative estimate of drug-likeness (QED) is 0.526.